The van der Waals surface area contributed by atoms with Crippen LogP contribution in [0, 0.1) is 0 Å². The van der Waals surface area contributed by atoms with Gasteiger partial charge in [0.2, 0.25) is 0 Å². The molecule has 0 amide bonds. The Morgan fingerprint density at radius 2 is 1.94 bits per heavy atom. The number of unbranched alkanes of at least 4 members (excludes halogenated alkanes) is 1. The minimum Gasteiger partial charge on any atom is -0.396 e. The molecule has 0 radical (unpaired) electrons. The van der Waals surface area contributed by atoms with Gasteiger partial charge in [-0.05, 0) is 24.2 Å². The van der Waals surface area contributed by atoms with Gasteiger partial charge in [0.05, 0.1) is 6.61 Å². The fourth-order valence-electron chi connectivity index (χ4n) is 1.28. The summed E-state index contributed by atoms with van der Waals surface area (Å²) in [4.78, 5) is 4.38. The molecule has 0 heterocycles. The molecule has 0 saturated carbocycles. The molecule has 0 aliphatic heterocycles. The molecule has 0 aromatic heterocycles. The lowest BCUT2D eigenvalue weighted by Crippen LogP contribution is -1.90. The molecule has 1 rings (SSSR count). The largest absolute Gasteiger partial charge is 0.396 e. The van der Waals surface area contributed by atoms with E-state index in [1.54, 1.807) is 11.8 Å². The predicted octanol–water partition coefficient (Wildman–Crippen LogP) is 2.61. The maximum Gasteiger partial charge on any atom is 0.0521 e. The quantitative estimate of drug-likeness (QED) is 0.557. The summed E-state index contributed by atoms with van der Waals surface area (Å²) in [6.45, 7) is 1.19. The van der Waals surface area contributed by atoms with Gasteiger partial charge in [-0.25, -0.2) is 0 Å². The third-order valence-electron chi connectivity index (χ3n) is 2.10. The molecular weight excluding hydrogens is 218 g/mol. The van der Waals surface area contributed by atoms with Crippen LogP contribution in [0.3, 0.4) is 0 Å². The Bertz CT molecular complexity index is 287. The van der Waals surface area contributed by atoms with E-state index in [1.165, 1.54) is 6.42 Å². The zero-order chi connectivity index (χ0) is 11.5. The van der Waals surface area contributed by atoms with E-state index in [2.05, 4.69) is 17.1 Å². The van der Waals surface area contributed by atoms with Crippen LogP contribution in [-0.2, 0) is 0 Å². The molecule has 0 unspecified atom stereocenters. The lowest BCUT2D eigenvalue weighted by Gasteiger charge is -1.97. The van der Waals surface area contributed by atoms with Crippen molar-refractivity contribution in [3.05, 3.63) is 35.9 Å². The highest BCUT2D eigenvalue weighted by Crippen LogP contribution is 2.03. The van der Waals surface area contributed by atoms with Gasteiger partial charge < -0.3 is 5.11 Å². The lowest BCUT2D eigenvalue weighted by atomic mass is 10.2. The Labute approximate surface area is 102 Å². The molecule has 0 aliphatic carbocycles. The van der Waals surface area contributed by atoms with E-state index in [1.807, 2.05) is 24.4 Å². The van der Waals surface area contributed by atoms with Gasteiger partial charge in [-0.15, -0.1) is 0 Å². The smallest absolute Gasteiger partial charge is 0.0521 e. The van der Waals surface area contributed by atoms with Crippen molar-refractivity contribution < 1.29 is 5.11 Å². The second kappa shape index (κ2) is 9.43. The van der Waals surface area contributed by atoms with Crippen molar-refractivity contribution in [1.82, 2.24) is 0 Å². The SMILES string of the molecule is OCCSCCCCN=Cc1ccccc1. The first-order valence-corrected chi connectivity index (χ1v) is 6.82. The number of aliphatic hydroxyl groups excluding tert-OH is 1. The second-order valence-electron chi connectivity index (χ2n) is 3.49. The Kier molecular flexibility index (Phi) is 7.82. The summed E-state index contributed by atoms with van der Waals surface area (Å²) < 4.78 is 0. The zero-order valence-electron chi connectivity index (χ0n) is 9.51. The fourth-order valence-corrected chi connectivity index (χ4v) is 2.02. The van der Waals surface area contributed by atoms with Crippen LogP contribution in [0.1, 0.15) is 18.4 Å². The lowest BCUT2D eigenvalue weighted by molar-refractivity contribution is 0.322. The first kappa shape index (κ1) is 13.3. The van der Waals surface area contributed by atoms with Gasteiger partial charge in [-0.3, -0.25) is 4.99 Å². The van der Waals surface area contributed by atoms with Crippen LogP contribution in [0.25, 0.3) is 0 Å². The van der Waals surface area contributed by atoms with Crippen molar-refractivity contribution in [3.63, 3.8) is 0 Å². The summed E-state index contributed by atoms with van der Waals surface area (Å²) >= 11 is 1.81. The van der Waals surface area contributed by atoms with Crippen LogP contribution >= 0.6 is 11.8 Å². The summed E-state index contributed by atoms with van der Waals surface area (Å²) in [6.07, 6.45) is 4.24. The van der Waals surface area contributed by atoms with Crippen LogP contribution in [-0.4, -0.2) is 36.0 Å². The molecule has 0 spiro atoms. The van der Waals surface area contributed by atoms with Crippen molar-refractivity contribution in [2.75, 3.05) is 24.7 Å². The van der Waals surface area contributed by atoms with E-state index in [4.69, 9.17) is 5.11 Å². The van der Waals surface area contributed by atoms with E-state index in [0.717, 1.165) is 30.0 Å². The van der Waals surface area contributed by atoms with Gasteiger partial charge in [0.15, 0.2) is 0 Å². The van der Waals surface area contributed by atoms with Crippen LogP contribution < -0.4 is 0 Å². The summed E-state index contributed by atoms with van der Waals surface area (Å²) in [5, 5.41) is 8.59. The highest BCUT2D eigenvalue weighted by Gasteiger charge is 1.89. The Morgan fingerprint density at radius 3 is 2.69 bits per heavy atom. The minimum atomic E-state index is 0.289. The van der Waals surface area contributed by atoms with Gasteiger partial charge in [0, 0.05) is 18.5 Å². The normalized spacial score (nSPS) is 11.1. The molecule has 0 saturated heterocycles. The molecule has 2 nitrogen and oxygen atoms in total. The molecule has 0 bridgehead atoms. The summed E-state index contributed by atoms with van der Waals surface area (Å²) in [6, 6.07) is 10.2. The first-order chi connectivity index (χ1) is 7.93. The number of thioether (sulfide) groups is 1. The Balaban J connectivity index is 2.01. The van der Waals surface area contributed by atoms with E-state index < -0.39 is 0 Å². The van der Waals surface area contributed by atoms with Crippen LogP contribution in [0.2, 0.25) is 0 Å². The number of rotatable bonds is 8. The van der Waals surface area contributed by atoms with Crippen molar-refractivity contribution in [3.8, 4) is 0 Å². The third-order valence-corrected chi connectivity index (χ3v) is 3.15. The third kappa shape index (κ3) is 6.64. The molecule has 0 aliphatic rings. The van der Waals surface area contributed by atoms with Crippen molar-refractivity contribution in [2.24, 2.45) is 4.99 Å². The van der Waals surface area contributed by atoms with Crippen LogP contribution in [0.15, 0.2) is 35.3 Å². The molecule has 0 fully saturated rings. The van der Waals surface area contributed by atoms with Crippen molar-refractivity contribution in [1.29, 1.82) is 0 Å². The second-order valence-corrected chi connectivity index (χ2v) is 4.71. The average Bonchev–Trinajstić information content (AvgIpc) is 2.34. The Morgan fingerprint density at radius 1 is 1.12 bits per heavy atom. The van der Waals surface area contributed by atoms with E-state index >= 15 is 0 Å². The molecule has 88 valence electrons. The van der Waals surface area contributed by atoms with Gasteiger partial charge in [0.1, 0.15) is 0 Å². The summed E-state index contributed by atoms with van der Waals surface area (Å²) in [7, 11) is 0. The first-order valence-electron chi connectivity index (χ1n) is 5.67. The number of aliphatic hydroxyl groups is 1. The molecule has 0 atom stereocenters. The molecule has 1 aromatic rings. The van der Waals surface area contributed by atoms with Crippen LogP contribution in [0.5, 0.6) is 0 Å². The van der Waals surface area contributed by atoms with Gasteiger partial charge >= 0.3 is 0 Å². The van der Waals surface area contributed by atoms with E-state index in [-0.39, 0.29) is 6.61 Å². The zero-order valence-corrected chi connectivity index (χ0v) is 10.3. The molecule has 1 aromatic carbocycles. The van der Waals surface area contributed by atoms with Crippen molar-refractivity contribution >= 4 is 18.0 Å². The Hall–Kier alpha value is -0.800. The van der Waals surface area contributed by atoms with E-state index in [9.17, 15) is 0 Å². The number of hydrogen-bond donors (Lipinski definition) is 1. The standard InChI is InChI=1S/C13H19NOS/c15-9-11-16-10-5-4-8-14-12-13-6-2-1-3-7-13/h1-3,6-7,12,15H,4-5,8-11H2. The maximum absolute atomic E-state index is 8.59. The maximum atomic E-state index is 8.59. The van der Waals surface area contributed by atoms with Gasteiger partial charge in [-0.1, -0.05) is 30.3 Å². The monoisotopic (exact) mass is 237 g/mol. The molecular formula is C13H19NOS. The molecule has 1 N–H and O–H groups in total. The molecule has 16 heavy (non-hydrogen) atoms. The van der Waals surface area contributed by atoms with Crippen molar-refractivity contribution in [2.45, 2.75) is 12.8 Å². The average molecular weight is 237 g/mol. The number of benzene rings is 1. The van der Waals surface area contributed by atoms with Crippen LogP contribution in [0.4, 0.5) is 0 Å². The number of aliphatic imine (C=N–C) groups is 1. The van der Waals surface area contributed by atoms with Gasteiger partial charge in [0.25, 0.3) is 0 Å². The fraction of sp³-hybridized carbons (Fsp3) is 0.462. The van der Waals surface area contributed by atoms with E-state index in [0.29, 0.717) is 0 Å². The molecule has 3 heteroatoms. The highest BCUT2D eigenvalue weighted by molar-refractivity contribution is 7.99. The highest BCUT2D eigenvalue weighted by atomic mass is 32.2. The minimum absolute atomic E-state index is 0.289. The number of nitrogens with zero attached hydrogens (tertiary/aromatic N) is 1. The summed E-state index contributed by atoms with van der Waals surface area (Å²) in [5.41, 5.74) is 1.16. The van der Waals surface area contributed by atoms with Gasteiger partial charge in [-0.2, -0.15) is 11.8 Å². The topological polar surface area (TPSA) is 32.6 Å². The predicted molar refractivity (Wildman–Crippen MR) is 72.5 cm³/mol. The summed E-state index contributed by atoms with van der Waals surface area (Å²) in [5.74, 6) is 1.98. The number of hydrogen-bond acceptors (Lipinski definition) is 3.